The monoisotopic (exact) mass is 383 g/mol. The van der Waals surface area contributed by atoms with Crippen LogP contribution in [-0.2, 0) is 16.4 Å². The average molecular weight is 383 g/mol. The predicted molar refractivity (Wildman–Crippen MR) is 83.2 cm³/mol. The van der Waals surface area contributed by atoms with Crippen LogP contribution in [-0.4, -0.2) is 79.0 Å². The summed E-state index contributed by atoms with van der Waals surface area (Å²) in [6.45, 7) is -0.975. The Balaban J connectivity index is 2.03. The van der Waals surface area contributed by atoms with Crippen molar-refractivity contribution in [1.29, 1.82) is 0 Å². The largest absolute Gasteiger partial charge is 0.394 e. The van der Waals surface area contributed by atoms with E-state index in [4.69, 9.17) is 0 Å². The number of aromatic amines is 1. The molecule has 1 aromatic heterocycles. The molecule has 1 fully saturated rings. The minimum Gasteiger partial charge on any atom is -0.338 e. The van der Waals surface area contributed by atoms with Crippen molar-refractivity contribution < 1.29 is 26.4 Å². The van der Waals surface area contributed by atoms with Crippen molar-refractivity contribution in [2.75, 3.05) is 33.7 Å². The van der Waals surface area contributed by atoms with Gasteiger partial charge in [0, 0.05) is 39.9 Å². The zero-order chi connectivity index (χ0) is 18.8. The van der Waals surface area contributed by atoms with Crippen molar-refractivity contribution in [3.63, 3.8) is 0 Å². The summed E-state index contributed by atoms with van der Waals surface area (Å²) in [5.41, 5.74) is 0.836. The molecule has 0 spiro atoms. The summed E-state index contributed by atoms with van der Waals surface area (Å²) in [6.07, 6.45) is -1.04. The Hall–Kier alpha value is -1.82. The number of amides is 2. The number of carbonyl (C=O) groups is 1. The fourth-order valence-electron chi connectivity index (χ4n) is 2.67. The van der Waals surface area contributed by atoms with Gasteiger partial charge < -0.3 is 10.2 Å². The van der Waals surface area contributed by atoms with E-state index in [0.29, 0.717) is 6.42 Å². The number of sulfonamides is 1. The summed E-state index contributed by atoms with van der Waals surface area (Å²) in [6, 6.07) is -0.714. The summed E-state index contributed by atoms with van der Waals surface area (Å²) in [4.78, 5) is 13.0. The number of nitrogens with one attached hydrogen (secondary N) is 2. The van der Waals surface area contributed by atoms with E-state index in [1.165, 1.54) is 14.1 Å². The second-order valence-electron chi connectivity index (χ2n) is 6.01. The van der Waals surface area contributed by atoms with Crippen LogP contribution in [0.1, 0.15) is 5.56 Å². The highest BCUT2D eigenvalue weighted by atomic mass is 32.2. The van der Waals surface area contributed by atoms with E-state index in [1.54, 1.807) is 12.4 Å². The molecule has 1 aliphatic rings. The van der Waals surface area contributed by atoms with Crippen molar-refractivity contribution in [3.8, 4) is 0 Å². The van der Waals surface area contributed by atoms with Crippen molar-refractivity contribution in [1.82, 2.24) is 24.7 Å². The number of hydrogen-bond donors (Lipinski definition) is 2. The smallest absolute Gasteiger partial charge is 0.338 e. The number of hydrogen-bond acceptors (Lipinski definition) is 4. The van der Waals surface area contributed by atoms with Crippen LogP contribution in [0.3, 0.4) is 0 Å². The Morgan fingerprint density at radius 1 is 1.44 bits per heavy atom. The third-order valence-electron chi connectivity index (χ3n) is 4.11. The normalized spacial score (nSPS) is 21.8. The van der Waals surface area contributed by atoms with Gasteiger partial charge in [-0.1, -0.05) is 0 Å². The van der Waals surface area contributed by atoms with Crippen molar-refractivity contribution in [3.05, 3.63) is 18.0 Å². The van der Waals surface area contributed by atoms with E-state index in [9.17, 15) is 26.4 Å². The molecule has 0 unspecified atom stereocenters. The molecule has 2 atom stereocenters. The maximum absolute atomic E-state index is 13.2. The first-order chi connectivity index (χ1) is 11.5. The van der Waals surface area contributed by atoms with Gasteiger partial charge in [-0.3, -0.25) is 5.10 Å². The van der Waals surface area contributed by atoms with Crippen molar-refractivity contribution in [2.24, 2.45) is 5.92 Å². The Kier molecular flexibility index (Phi) is 5.62. The first kappa shape index (κ1) is 19.5. The predicted octanol–water partition coefficient (Wildman–Crippen LogP) is 0.416. The van der Waals surface area contributed by atoms with Gasteiger partial charge in [-0.15, -0.1) is 0 Å². The van der Waals surface area contributed by atoms with Gasteiger partial charge in [0.15, 0.2) is 0 Å². The third kappa shape index (κ3) is 4.42. The van der Waals surface area contributed by atoms with E-state index < -0.39 is 46.5 Å². The zero-order valence-electron chi connectivity index (χ0n) is 13.7. The number of nitrogens with zero attached hydrogens (tertiary/aromatic N) is 3. The number of H-pyrrole nitrogens is 1. The fourth-order valence-corrected chi connectivity index (χ4v) is 4.23. The Labute approximate surface area is 143 Å². The summed E-state index contributed by atoms with van der Waals surface area (Å²) in [5, 5.41) is 7.15. The number of carbonyl (C=O) groups excluding carboxylic acids is 1. The summed E-state index contributed by atoms with van der Waals surface area (Å²) < 4.78 is 64.8. The summed E-state index contributed by atoms with van der Waals surface area (Å²) in [7, 11) is -1.80. The molecule has 25 heavy (non-hydrogen) atoms. The molecule has 12 heteroatoms. The van der Waals surface area contributed by atoms with E-state index in [2.05, 4.69) is 15.5 Å². The highest BCUT2D eigenvalue weighted by Crippen LogP contribution is 2.37. The SMILES string of the molecule is CN(C)S(=O)(=O)[C@@H]1CN(C(=O)NCCc2cn[nH]c2)C[C@H]1C(F)(F)F. The molecule has 1 saturated heterocycles. The molecule has 0 aromatic carbocycles. The summed E-state index contributed by atoms with van der Waals surface area (Å²) >= 11 is 0. The van der Waals surface area contributed by atoms with Gasteiger partial charge in [0.25, 0.3) is 0 Å². The summed E-state index contributed by atoms with van der Waals surface area (Å²) in [5.74, 6) is -2.11. The molecule has 2 rings (SSSR count). The van der Waals surface area contributed by atoms with Crippen LogP contribution >= 0.6 is 0 Å². The molecular formula is C13H20F3N5O3S. The lowest BCUT2D eigenvalue weighted by molar-refractivity contribution is -0.169. The number of rotatable bonds is 5. The van der Waals surface area contributed by atoms with Gasteiger partial charge >= 0.3 is 12.2 Å². The minimum absolute atomic E-state index is 0.205. The van der Waals surface area contributed by atoms with Gasteiger partial charge in [-0.2, -0.15) is 18.3 Å². The quantitative estimate of drug-likeness (QED) is 0.770. The number of urea groups is 1. The molecular weight excluding hydrogens is 363 g/mol. The van der Waals surface area contributed by atoms with Gasteiger partial charge in [0.1, 0.15) is 5.25 Å². The Morgan fingerprint density at radius 3 is 2.64 bits per heavy atom. The number of alkyl halides is 3. The second-order valence-corrected chi connectivity index (χ2v) is 8.37. The van der Waals surface area contributed by atoms with Gasteiger partial charge in [0.05, 0.1) is 12.1 Å². The first-order valence-electron chi connectivity index (χ1n) is 7.52. The number of likely N-dealkylation sites (tertiary alicyclic amines) is 1. The average Bonchev–Trinajstić information content (AvgIpc) is 3.15. The molecule has 0 bridgehead atoms. The van der Waals surface area contributed by atoms with Gasteiger partial charge in [0.2, 0.25) is 10.0 Å². The minimum atomic E-state index is -4.71. The van der Waals surface area contributed by atoms with Crippen molar-refractivity contribution >= 4 is 16.1 Å². The van der Waals surface area contributed by atoms with Crippen LogP contribution in [0.15, 0.2) is 12.4 Å². The standard InChI is InChI=1S/C13H20F3N5O3S/c1-20(2)25(23,24)11-8-21(7-10(11)13(14,15)16)12(22)17-4-3-9-5-18-19-6-9/h5-6,10-11H,3-4,7-8H2,1-2H3,(H,17,22)(H,18,19)/t10-,11-/m1/s1. The Bertz CT molecular complexity index is 690. The van der Waals surface area contributed by atoms with Crippen LogP contribution < -0.4 is 5.32 Å². The molecule has 1 aliphatic heterocycles. The van der Waals surface area contributed by atoms with Crippen LogP contribution in [0.2, 0.25) is 0 Å². The first-order valence-corrected chi connectivity index (χ1v) is 9.02. The molecule has 1 aromatic rings. The molecule has 142 valence electrons. The van der Waals surface area contributed by atoms with Gasteiger partial charge in [-0.05, 0) is 12.0 Å². The maximum Gasteiger partial charge on any atom is 0.394 e. The molecule has 0 aliphatic carbocycles. The molecule has 2 heterocycles. The van der Waals surface area contributed by atoms with E-state index >= 15 is 0 Å². The number of halogens is 3. The number of aromatic nitrogens is 2. The highest BCUT2D eigenvalue weighted by molar-refractivity contribution is 7.89. The van der Waals surface area contributed by atoms with Crippen molar-refractivity contribution in [2.45, 2.75) is 17.8 Å². The molecule has 0 radical (unpaired) electrons. The molecule has 0 saturated carbocycles. The van der Waals surface area contributed by atoms with Crippen LogP contribution in [0.4, 0.5) is 18.0 Å². The second kappa shape index (κ2) is 7.20. The zero-order valence-corrected chi connectivity index (χ0v) is 14.6. The Morgan fingerprint density at radius 2 is 2.12 bits per heavy atom. The van der Waals surface area contributed by atoms with E-state index in [1.807, 2.05) is 0 Å². The van der Waals surface area contributed by atoms with E-state index in [-0.39, 0.29) is 6.54 Å². The lowest BCUT2D eigenvalue weighted by atomic mass is 10.1. The van der Waals surface area contributed by atoms with Gasteiger partial charge in [-0.25, -0.2) is 17.5 Å². The lowest BCUT2D eigenvalue weighted by Gasteiger charge is -2.23. The van der Waals surface area contributed by atoms with Crippen LogP contribution in [0.5, 0.6) is 0 Å². The van der Waals surface area contributed by atoms with Crippen LogP contribution in [0, 0.1) is 5.92 Å². The highest BCUT2D eigenvalue weighted by Gasteiger charge is 2.55. The third-order valence-corrected chi connectivity index (χ3v) is 6.37. The van der Waals surface area contributed by atoms with E-state index in [0.717, 1.165) is 14.8 Å². The topological polar surface area (TPSA) is 98.4 Å². The molecule has 8 nitrogen and oxygen atoms in total. The molecule has 2 amide bonds. The fraction of sp³-hybridized carbons (Fsp3) is 0.692. The molecule has 2 N–H and O–H groups in total. The van der Waals surface area contributed by atoms with Crippen LogP contribution in [0.25, 0.3) is 0 Å². The maximum atomic E-state index is 13.2. The lowest BCUT2D eigenvalue weighted by Crippen LogP contribution is -2.43.